The Hall–Kier alpha value is -2.01. The largest absolute Gasteiger partial charge is 0.494 e. The number of para-hydroxylation sites is 1. The fourth-order valence-corrected chi connectivity index (χ4v) is 5.04. The van der Waals surface area contributed by atoms with Crippen LogP contribution in [0.2, 0.25) is 0 Å². The highest BCUT2D eigenvalue weighted by Crippen LogP contribution is 2.50. The predicted molar refractivity (Wildman–Crippen MR) is 103 cm³/mol. The van der Waals surface area contributed by atoms with Crippen molar-refractivity contribution in [2.24, 2.45) is 4.99 Å². The number of fused-ring (bicyclic) bond motifs is 1. The van der Waals surface area contributed by atoms with Crippen molar-refractivity contribution in [3.8, 4) is 5.75 Å². The van der Waals surface area contributed by atoms with Gasteiger partial charge in [0.1, 0.15) is 11.8 Å². The third kappa shape index (κ3) is 2.91. The number of benzene rings is 1. The summed E-state index contributed by atoms with van der Waals surface area (Å²) in [7, 11) is 0. The molecule has 1 aromatic heterocycles. The Labute approximate surface area is 153 Å². The molecule has 0 spiro atoms. The molecule has 4 rings (SSSR count). The van der Waals surface area contributed by atoms with Crippen molar-refractivity contribution in [1.29, 1.82) is 0 Å². The van der Waals surface area contributed by atoms with E-state index in [9.17, 15) is 0 Å². The molecule has 2 aromatic rings. The second-order valence-electron chi connectivity index (χ2n) is 6.31. The van der Waals surface area contributed by atoms with E-state index in [4.69, 9.17) is 9.73 Å². The highest BCUT2D eigenvalue weighted by molar-refractivity contribution is 8.14. The average Bonchev–Trinajstić information content (AvgIpc) is 3.22. The summed E-state index contributed by atoms with van der Waals surface area (Å²) in [5, 5.41) is 1.15. The van der Waals surface area contributed by atoms with Gasteiger partial charge in [-0.05, 0) is 31.5 Å². The van der Waals surface area contributed by atoms with Gasteiger partial charge >= 0.3 is 0 Å². The molecule has 5 heteroatoms. The first-order valence-electron chi connectivity index (χ1n) is 8.95. The predicted octanol–water partition coefficient (Wildman–Crippen LogP) is 4.46. The van der Waals surface area contributed by atoms with Crippen molar-refractivity contribution >= 4 is 16.9 Å². The van der Waals surface area contributed by atoms with Crippen LogP contribution in [0.1, 0.15) is 43.6 Å². The van der Waals surface area contributed by atoms with Crippen LogP contribution in [0.4, 0.5) is 0 Å². The molecule has 2 aliphatic heterocycles. The molecule has 1 saturated heterocycles. The van der Waals surface area contributed by atoms with Crippen molar-refractivity contribution in [3.63, 3.8) is 0 Å². The van der Waals surface area contributed by atoms with Gasteiger partial charge in [0.2, 0.25) is 0 Å². The minimum Gasteiger partial charge on any atom is -0.494 e. The van der Waals surface area contributed by atoms with Gasteiger partial charge in [-0.1, -0.05) is 43.0 Å². The van der Waals surface area contributed by atoms with E-state index in [2.05, 4.69) is 41.1 Å². The first-order chi connectivity index (χ1) is 12.3. The zero-order valence-electron chi connectivity index (χ0n) is 14.6. The summed E-state index contributed by atoms with van der Waals surface area (Å²) in [5.74, 6) is 2.07. The molecule has 0 N–H and O–H groups in total. The van der Waals surface area contributed by atoms with Crippen LogP contribution in [0, 0.1) is 0 Å². The summed E-state index contributed by atoms with van der Waals surface area (Å²) in [6.45, 7) is 4.95. The molecule has 2 aliphatic rings. The third-order valence-electron chi connectivity index (χ3n) is 4.87. The zero-order valence-corrected chi connectivity index (χ0v) is 15.4. The Balaban J connectivity index is 1.81. The van der Waals surface area contributed by atoms with Crippen molar-refractivity contribution < 1.29 is 4.74 Å². The summed E-state index contributed by atoms with van der Waals surface area (Å²) in [6.07, 6.45) is 2.98. The van der Waals surface area contributed by atoms with E-state index in [1.807, 2.05) is 43.1 Å². The summed E-state index contributed by atoms with van der Waals surface area (Å²) >= 11 is 1.87. The molecule has 3 heterocycles. The fourth-order valence-electron chi connectivity index (χ4n) is 3.70. The average molecular weight is 353 g/mol. The van der Waals surface area contributed by atoms with Gasteiger partial charge in [0.05, 0.1) is 18.3 Å². The number of aromatic nitrogens is 1. The molecule has 0 unspecified atom stereocenters. The maximum atomic E-state index is 5.95. The Morgan fingerprint density at radius 1 is 1.16 bits per heavy atom. The van der Waals surface area contributed by atoms with Gasteiger partial charge in [-0.3, -0.25) is 9.98 Å². The lowest BCUT2D eigenvalue weighted by Crippen LogP contribution is -2.35. The van der Waals surface area contributed by atoms with Crippen LogP contribution in [-0.4, -0.2) is 33.5 Å². The highest BCUT2D eigenvalue weighted by atomic mass is 32.2. The lowest BCUT2D eigenvalue weighted by atomic mass is 9.94. The van der Waals surface area contributed by atoms with Crippen LogP contribution in [0.3, 0.4) is 0 Å². The molecule has 4 nitrogen and oxygen atoms in total. The molecule has 0 radical (unpaired) electrons. The Morgan fingerprint density at radius 2 is 2.00 bits per heavy atom. The van der Waals surface area contributed by atoms with Crippen LogP contribution in [0.25, 0.3) is 0 Å². The molecular formula is C20H23N3OS. The number of pyridine rings is 1. The normalized spacial score (nSPS) is 25.0. The molecule has 25 heavy (non-hydrogen) atoms. The van der Waals surface area contributed by atoms with Crippen molar-refractivity contribution in [1.82, 2.24) is 9.88 Å². The topological polar surface area (TPSA) is 37.7 Å². The molecule has 0 aliphatic carbocycles. The Bertz CT molecular complexity index is 765. The van der Waals surface area contributed by atoms with E-state index in [0.29, 0.717) is 12.6 Å². The van der Waals surface area contributed by atoms with Gasteiger partial charge in [-0.25, -0.2) is 0 Å². The molecule has 0 saturated carbocycles. The van der Waals surface area contributed by atoms with Crippen LogP contribution in [0.15, 0.2) is 53.7 Å². The van der Waals surface area contributed by atoms with Gasteiger partial charge in [0, 0.05) is 23.6 Å². The molecule has 130 valence electrons. The first kappa shape index (κ1) is 16.5. The number of hydrogen-bond donors (Lipinski definition) is 0. The summed E-state index contributed by atoms with van der Waals surface area (Å²) in [5.41, 5.74) is 2.23. The summed E-state index contributed by atoms with van der Waals surface area (Å²) < 4.78 is 5.95. The van der Waals surface area contributed by atoms with Crippen LogP contribution in [0.5, 0.6) is 5.75 Å². The monoisotopic (exact) mass is 353 g/mol. The minimum absolute atomic E-state index is 0.0136. The number of rotatable bonds is 5. The van der Waals surface area contributed by atoms with Crippen LogP contribution in [-0.2, 0) is 0 Å². The van der Waals surface area contributed by atoms with Crippen LogP contribution < -0.4 is 4.74 Å². The maximum Gasteiger partial charge on any atom is 0.160 e. The highest BCUT2D eigenvalue weighted by Gasteiger charge is 2.46. The first-order valence-corrected chi connectivity index (χ1v) is 9.93. The number of nitrogens with zero attached hydrogens (tertiary/aromatic N) is 3. The fraction of sp³-hybridized carbons (Fsp3) is 0.400. The number of hydrogen-bond acceptors (Lipinski definition) is 5. The van der Waals surface area contributed by atoms with Gasteiger partial charge in [-0.2, -0.15) is 0 Å². The van der Waals surface area contributed by atoms with E-state index in [-0.39, 0.29) is 12.1 Å². The summed E-state index contributed by atoms with van der Waals surface area (Å²) in [4.78, 5) is 12.2. The van der Waals surface area contributed by atoms with Gasteiger partial charge < -0.3 is 9.64 Å². The zero-order chi connectivity index (χ0) is 17.2. The molecule has 0 amide bonds. The molecular weight excluding hydrogens is 330 g/mol. The number of thioether (sulfide) groups is 1. The van der Waals surface area contributed by atoms with Crippen molar-refractivity contribution in [2.75, 3.05) is 12.4 Å². The smallest absolute Gasteiger partial charge is 0.160 e. The van der Waals surface area contributed by atoms with E-state index in [0.717, 1.165) is 28.8 Å². The minimum atomic E-state index is 0.0136. The molecule has 3 atom stereocenters. The maximum absolute atomic E-state index is 5.95. The lowest BCUT2D eigenvalue weighted by Gasteiger charge is -2.32. The van der Waals surface area contributed by atoms with E-state index < -0.39 is 0 Å². The van der Waals surface area contributed by atoms with E-state index >= 15 is 0 Å². The standard InChI is InChI=1S/C20H23N3OS/c1-3-14-13-25-20-22-18(16-10-7-8-12-21-16)19(23(14)20)15-9-5-6-11-17(15)24-4-2/h5-12,14,18-19H,3-4,13H2,1-2H3/t14-,18-,19+/m0/s1. The number of aliphatic imine (C=N–C) groups is 1. The third-order valence-corrected chi connectivity index (χ3v) is 5.99. The summed E-state index contributed by atoms with van der Waals surface area (Å²) in [6, 6.07) is 15.1. The molecule has 1 aromatic carbocycles. The molecule has 0 bridgehead atoms. The second-order valence-corrected chi connectivity index (χ2v) is 7.29. The quantitative estimate of drug-likeness (QED) is 0.795. The SMILES string of the molecule is CCOc1ccccc1[C@@H]1[C@H](c2ccccn2)N=C2SC[C@H](CC)N21. The van der Waals surface area contributed by atoms with Crippen molar-refractivity contribution in [3.05, 3.63) is 59.9 Å². The van der Waals surface area contributed by atoms with Crippen molar-refractivity contribution in [2.45, 2.75) is 38.4 Å². The Kier molecular flexibility index (Phi) is 4.66. The van der Waals surface area contributed by atoms with Gasteiger partial charge in [-0.15, -0.1) is 0 Å². The van der Waals surface area contributed by atoms with Gasteiger partial charge in [0.25, 0.3) is 0 Å². The number of ether oxygens (including phenoxy) is 1. The van der Waals surface area contributed by atoms with Gasteiger partial charge in [0.15, 0.2) is 5.17 Å². The van der Waals surface area contributed by atoms with E-state index in [1.54, 1.807) is 0 Å². The molecule has 1 fully saturated rings. The lowest BCUT2D eigenvalue weighted by molar-refractivity contribution is 0.245. The van der Waals surface area contributed by atoms with Crippen LogP contribution >= 0.6 is 11.8 Å². The number of amidine groups is 1. The van der Waals surface area contributed by atoms with E-state index in [1.165, 1.54) is 5.56 Å². The Morgan fingerprint density at radius 3 is 2.76 bits per heavy atom. The second kappa shape index (κ2) is 7.08.